The SMILES string of the molecule is CN(C)S(=O)(=O)c1ccc(NC(=O)Cc2coc3ccc4ccccc4c23)cc1. The van der Waals surface area contributed by atoms with Gasteiger partial charge < -0.3 is 9.73 Å². The standard InChI is InChI=1S/C22H20N2O4S/c1-24(2)29(26,27)18-10-8-17(9-11-18)23-21(25)13-16-14-28-20-12-7-15-5-3-4-6-19(15)22(16)20/h3-12,14H,13H2,1-2H3,(H,23,25). The number of fused-ring (bicyclic) bond motifs is 3. The number of nitrogens with zero attached hydrogens (tertiary/aromatic N) is 1. The van der Waals surface area contributed by atoms with Crippen molar-refractivity contribution in [3.05, 3.63) is 72.5 Å². The van der Waals surface area contributed by atoms with Crippen molar-refractivity contribution in [3.63, 3.8) is 0 Å². The van der Waals surface area contributed by atoms with Crippen LogP contribution in [0.2, 0.25) is 0 Å². The summed E-state index contributed by atoms with van der Waals surface area (Å²) in [5.74, 6) is -0.205. The van der Waals surface area contributed by atoms with Gasteiger partial charge in [-0.05, 0) is 41.1 Å². The van der Waals surface area contributed by atoms with Gasteiger partial charge in [0.15, 0.2) is 0 Å². The first-order valence-electron chi connectivity index (χ1n) is 9.06. The highest BCUT2D eigenvalue weighted by Crippen LogP contribution is 2.30. The number of benzene rings is 3. The number of anilines is 1. The second-order valence-corrected chi connectivity index (χ2v) is 9.11. The zero-order chi connectivity index (χ0) is 20.6. The molecule has 4 rings (SSSR count). The van der Waals surface area contributed by atoms with Gasteiger partial charge in [0.25, 0.3) is 0 Å². The Kier molecular flexibility index (Phi) is 4.86. The lowest BCUT2D eigenvalue weighted by molar-refractivity contribution is -0.115. The van der Waals surface area contributed by atoms with Gasteiger partial charge in [0.05, 0.1) is 17.6 Å². The van der Waals surface area contributed by atoms with Gasteiger partial charge in [0.1, 0.15) is 5.58 Å². The Labute approximate surface area is 168 Å². The predicted molar refractivity (Wildman–Crippen MR) is 113 cm³/mol. The molecule has 148 valence electrons. The quantitative estimate of drug-likeness (QED) is 0.541. The highest BCUT2D eigenvalue weighted by Gasteiger charge is 2.17. The maximum atomic E-state index is 12.6. The van der Waals surface area contributed by atoms with Crippen molar-refractivity contribution in [2.24, 2.45) is 0 Å². The number of hydrogen-bond acceptors (Lipinski definition) is 4. The molecule has 0 aliphatic rings. The van der Waals surface area contributed by atoms with Crippen LogP contribution in [0.25, 0.3) is 21.7 Å². The molecule has 6 nitrogen and oxygen atoms in total. The summed E-state index contributed by atoms with van der Waals surface area (Å²) in [6.07, 6.45) is 1.77. The average Bonchev–Trinajstić information content (AvgIpc) is 3.11. The topological polar surface area (TPSA) is 79.6 Å². The number of hydrogen-bond donors (Lipinski definition) is 1. The number of carbonyl (C=O) groups is 1. The Morgan fingerprint density at radius 2 is 1.72 bits per heavy atom. The van der Waals surface area contributed by atoms with Crippen LogP contribution >= 0.6 is 0 Å². The van der Waals surface area contributed by atoms with E-state index in [0.29, 0.717) is 5.69 Å². The van der Waals surface area contributed by atoms with Crippen LogP contribution in [0.3, 0.4) is 0 Å². The van der Waals surface area contributed by atoms with Crippen LogP contribution in [0.1, 0.15) is 5.56 Å². The van der Waals surface area contributed by atoms with Crippen molar-refractivity contribution in [1.82, 2.24) is 4.31 Å². The molecule has 29 heavy (non-hydrogen) atoms. The van der Waals surface area contributed by atoms with E-state index in [1.807, 2.05) is 36.4 Å². The second-order valence-electron chi connectivity index (χ2n) is 6.96. The van der Waals surface area contributed by atoms with Crippen LogP contribution in [0, 0.1) is 0 Å². The molecule has 4 aromatic rings. The third-order valence-electron chi connectivity index (χ3n) is 4.81. The molecule has 1 aromatic heterocycles. The largest absolute Gasteiger partial charge is 0.464 e. The fourth-order valence-electron chi connectivity index (χ4n) is 3.30. The number of rotatable bonds is 5. The lowest BCUT2D eigenvalue weighted by Gasteiger charge is -2.12. The van der Waals surface area contributed by atoms with Gasteiger partial charge in [-0.1, -0.05) is 30.3 Å². The molecule has 1 amide bonds. The van der Waals surface area contributed by atoms with Gasteiger partial charge in [0.2, 0.25) is 15.9 Å². The fourth-order valence-corrected chi connectivity index (χ4v) is 4.21. The van der Waals surface area contributed by atoms with E-state index >= 15 is 0 Å². The third-order valence-corrected chi connectivity index (χ3v) is 6.64. The normalized spacial score (nSPS) is 12.0. The highest BCUT2D eigenvalue weighted by molar-refractivity contribution is 7.89. The molecule has 0 spiro atoms. The van der Waals surface area contributed by atoms with E-state index in [9.17, 15) is 13.2 Å². The summed E-state index contributed by atoms with van der Waals surface area (Å²) < 4.78 is 31.1. The van der Waals surface area contributed by atoms with Crippen molar-refractivity contribution < 1.29 is 17.6 Å². The molecule has 0 saturated carbocycles. The molecule has 1 N–H and O–H groups in total. The molecule has 0 aliphatic heterocycles. The molecular weight excluding hydrogens is 388 g/mol. The van der Waals surface area contributed by atoms with Crippen LogP contribution in [0.4, 0.5) is 5.69 Å². The van der Waals surface area contributed by atoms with Gasteiger partial charge in [-0.2, -0.15) is 0 Å². The minimum Gasteiger partial charge on any atom is -0.464 e. The number of amides is 1. The minimum absolute atomic E-state index is 0.152. The lowest BCUT2D eigenvalue weighted by atomic mass is 10.0. The minimum atomic E-state index is -3.50. The first-order valence-corrected chi connectivity index (χ1v) is 10.5. The molecule has 7 heteroatoms. The Balaban J connectivity index is 1.56. The number of carbonyl (C=O) groups excluding carboxylic acids is 1. The Morgan fingerprint density at radius 1 is 1.00 bits per heavy atom. The molecule has 0 fully saturated rings. The average molecular weight is 408 g/mol. The van der Waals surface area contributed by atoms with E-state index in [1.165, 1.54) is 26.2 Å². The summed E-state index contributed by atoms with van der Waals surface area (Å²) in [5, 5.41) is 5.87. The number of nitrogens with one attached hydrogen (secondary N) is 1. The summed E-state index contributed by atoms with van der Waals surface area (Å²) in [7, 11) is -0.548. The molecule has 3 aromatic carbocycles. The van der Waals surface area contributed by atoms with Gasteiger partial charge in [-0.15, -0.1) is 0 Å². The zero-order valence-corrected chi connectivity index (χ0v) is 16.9. The highest BCUT2D eigenvalue weighted by atomic mass is 32.2. The van der Waals surface area contributed by atoms with Crippen LogP contribution in [-0.2, 0) is 21.2 Å². The maximum absolute atomic E-state index is 12.6. The van der Waals surface area contributed by atoms with Crippen molar-refractivity contribution in [1.29, 1.82) is 0 Å². The fraction of sp³-hybridized carbons (Fsp3) is 0.136. The summed E-state index contributed by atoms with van der Waals surface area (Å²) in [6.45, 7) is 0. The first kappa shape index (κ1) is 19.2. The summed E-state index contributed by atoms with van der Waals surface area (Å²) >= 11 is 0. The number of sulfonamides is 1. The third kappa shape index (κ3) is 3.62. The predicted octanol–water partition coefficient (Wildman–Crippen LogP) is 4.02. The first-order chi connectivity index (χ1) is 13.9. The van der Waals surface area contributed by atoms with E-state index in [-0.39, 0.29) is 17.2 Å². The van der Waals surface area contributed by atoms with Gasteiger partial charge >= 0.3 is 0 Å². The number of furan rings is 1. The van der Waals surface area contributed by atoms with E-state index in [2.05, 4.69) is 5.32 Å². The van der Waals surface area contributed by atoms with Crippen LogP contribution in [0.15, 0.2) is 76.2 Å². The molecule has 0 aliphatic carbocycles. The van der Waals surface area contributed by atoms with Crippen LogP contribution in [0.5, 0.6) is 0 Å². The van der Waals surface area contributed by atoms with Crippen molar-refractivity contribution in [2.45, 2.75) is 11.3 Å². The van der Waals surface area contributed by atoms with Crippen molar-refractivity contribution >= 4 is 43.4 Å². The smallest absolute Gasteiger partial charge is 0.242 e. The van der Waals surface area contributed by atoms with Crippen molar-refractivity contribution in [2.75, 3.05) is 19.4 Å². The maximum Gasteiger partial charge on any atom is 0.242 e. The monoisotopic (exact) mass is 408 g/mol. The Hall–Kier alpha value is -3.16. The van der Waals surface area contributed by atoms with Gasteiger partial charge in [0, 0.05) is 30.7 Å². The summed E-state index contributed by atoms with van der Waals surface area (Å²) in [4.78, 5) is 12.7. The summed E-state index contributed by atoms with van der Waals surface area (Å²) in [5.41, 5.74) is 2.08. The Bertz CT molecular complexity index is 1310. The van der Waals surface area contributed by atoms with E-state index in [1.54, 1.807) is 18.4 Å². The zero-order valence-electron chi connectivity index (χ0n) is 16.0. The molecular formula is C22H20N2O4S. The molecule has 0 bridgehead atoms. The molecule has 0 atom stereocenters. The second kappa shape index (κ2) is 7.35. The van der Waals surface area contributed by atoms with Crippen LogP contribution in [-0.4, -0.2) is 32.7 Å². The Morgan fingerprint density at radius 3 is 2.45 bits per heavy atom. The van der Waals surface area contributed by atoms with E-state index in [4.69, 9.17) is 4.42 Å². The molecule has 0 unspecified atom stereocenters. The van der Waals surface area contributed by atoms with E-state index in [0.717, 1.165) is 31.6 Å². The van der Waals surface area contributed by atoms with Gasteiger partial charge in [-0.25, -0.2) is 12.7 Å². The van der Waals surface area contributed by atoms with Crippen LogP contribution < -0.4 is 5.32 Å². The lowest BCUT2D eigenvalue weighted by Crippen LogP contribution is -2.22. The molecule has 0 saturated heterocycles. The molecule has 1 heterocycles. The van der Waals surface area contributed by atoms with Gasteiger partial charge in [-0.3, -0.25) is 4.79 Å². The summed E-state index contributed by atoms with van der Waals surface area (Å²) in [6, 6.07) is 18.0. The molecule has 0 radical (unpaired) electrons. The van der Waals surface area contributed by atoms with E-state index < -0.39 is 10.0 Å². The van der Waals surface area contributed by atoms with Crippen molar-refractivity contribution in [3.8, 4) is 0 Å².